The standard InChI is InChI=1S/C10H6Cl2N2O3/c1-16-10(15)9-13-8(14-17-9)5-2-6(11)4-7(12)3-5/h2-4H,1H3. The van der Waals surface area contributed by atoms with Crippen LogP contribution in [0.4, 0.5) is 0 Å². The number of hydrogen-bond acceptors (Lipinski definition) is 5. The SMILES string of the molecule is COC(=O)c1nc(-c2cc(Cl)cc(Cl)c2)no1. The van der Waals surface area contributed by atoms with Gasteiger partial charge >= 0.3 is 11.9 Å². The van der Waals surface area contributed by atoms with Gasteiger partial charge in [-0.1, -0.05) is 28.4 Å². The van der Waals surface area contributed by atoms with Gasteiger partial charge in [0.15, 0.2) is 0 Å². The summed E-state index contributed by atoms with van der Waals surface area (Å²) in [7, 11) is 1.22. The lowest BCUT2D eigenvalue weighted by Crippen LogP contribution is -2.00. The molecule has 0 unspecified atom stereocenters. The Kier molecular flexibility index (Phi) is 3.31. The van der Waals surface area contributed by atoms with Crippen LogP contribution < -0.4 is 0 Å². The first-order valence-corrected chi connectivity index (χ1v) is 5.24. The zero-order valence-electron chi connectivity index (χ0n) is 8.61. The minimum Gasteiger partial charge on any atom is -0.462 e. The highest BCUT2D eigenvalue weighted by Crippen LogP contribution is 2.25. The maximum absolute atomic E-state index is 11.1. The van der Waals surface area contributed by atoms with Crippen LogP contribution in [0.3, 0.4) is 0 Å². The first kappa shape index (κ1) is 11.9. The average Bonchev–Trinajstić information content (AvgIpc) is 2.76. The van der Waals surface area contributed by atoms with E-state index in [4.69, 9.17) is 27.7 Å². The van der Waals surface area contributed by atoms with Gasteiger partial charge in [0.2, 0.25) is 5.82 Å². The first-order chi connectivity index (χ1) is 8.10. The second-order valence-corrected chi connectivity index (χ2v) is 3.95. The van der Waals surface area contributed by atoms with Gasteiger partial charge in [-0.05, 0) is 18.2 Å². The summed E-state index contributed by atoms with van der Waals surface area (Å²) in [6.45, 7) is 0. The molecule has 1 aromatic carbocycles. The van der Waals surface area contributed by atoms with Gasteiger partial charge in [0.05, 0.1) is 7.11 Å². The molecule has 0 amide bonds. The highest BCUT2D eigenvalue weighted by atomic mass is 35.5. The van der Waals surface area contributed by atoms with E-state index >= 15 is 0 Å². The summed E-state index contributed by atoms with van der Waals surface area (Å²) >= 11 is 11.7. The smallest absolute Gasteiger partial charge is 0.397 e. The number of aromatic nitrogens is 2. The molecular weight excluding hydrogens is 267 g/mol. The van der Waals surface area contributed by atoms with Gasteiger partial charge in [0.25, 0.3) is 0 Å². The molecule has 1 aromatic heterocycles. The van der Waals surface area contributed by atoms with Crippen LogP contribution in [0.2, 0.25) is 10.0 Å². The number of ether oxygens (including phenoxy) is 1. The van der Waals surface area contributed by atoms with E-state index in [2.05, 4.69) is 14.9 Å². The topological polar surface area (TPSA) is 65.2 Å². The minimum atomic E-state index is -0.697. The molecule has 2 aromatic rings. The summed E-state index contributed by atoms with van der Waals surface area (Å²) in [6, 6.07) is 4.80. The molecule has 7 heteroatoms. The summed E-state index contributed by atoms with van der Waals surface area (Å²) < 4.78 is 9.18. The Balaban J connectivity index is 2.40. The van der Waals surface area contributed by atoms with E-state index in [9.17, 15) is 4.79 Å². The molecule has 0 saturated carbocycles. The van der Waals surface area contributed by atoms with E-state index in [0.717, 1.165) is 0 Å². The van der Waals surface area contributed by atoms with Crippen LogP contribution in [0.1, 0.15) is 10.7 Å². The third kappa shape index (κ3) is 2.57. The number of esters is 1. The second-order valence-electron chi connectivity index (χ2n) is 3.07. The molecule has 0 atom stereocenters. The monoisotopic (exact) mass is 272 g/mol. The van der Waals surface area contributed by atoms with E-state index in [1.807, 2.05) is 0 Å². The van der Waals surface area contributed by atoms with Crippen molar-refractivity contribution in [1.82, 2.24) is 10.1 Å². The largest absolute Gasteiger partial charge is 0.462 e. The van der Waals surface area contributed by atoms with E-state index in [-0.39, 0.29) is 11.7 Å². The van der Waals surface area contributed by atoms with Gasteiger partial charge in [0, 0.05) is 15.6 Å². The van der Waals surface area contributed by atoms with Crippen LogP contribution >= 0.6 is 23.2 Å². The maximum Gasteiger partial charge on any atom is 0.397 e. The molecule has 0 saturated heterocycles. The normalized spacial score (nSPS) is 10.3. The maximum atomic E-state index is 11.1. The molecule has 0 spiro atoms. The predicted octanol–water partition coefficient (Wildman–Crippen LogP) is 2.83. The van der Waals surface area contributed by atoms with Crippen molar-refractivity contribution in [2.24, 2.45) is 0 Å². The summed E-state index contributed by atoms with van der Waals surface area (Å²) in [5, 5.41) is 4.52. The van der Waals surface area contributed by atoms with Crippen molar-refractivity contribution < 1.29 is 14.1 Å². The summed E-state index contributed by atoms with van der Waals surface area (Å²) in [6.07, 6.45) is 0. The van der Waals surface area contributed by atoms with Crippen molar-refractivity contribution in [2.75, 3.05) is 7.11 Å². The van der Waals surface area contributed by atoms with Crippen molar-refractivity contribution in [1.29, 1.82) is 0 Å². The van der Waals surface area contributed by atoms with Crippen LogP contribution in [0, 0.1) is 0 Å². The number of rotatable bonds is 2. The van der Waals surface area contributed by atoms with Gasteiger partial charge in [-0.2, -0.15) is 4.98 Å². The average molecular weight is 273 g/mol. The molecule has 0 bridgehead atoms. The van der Waals surface area contributed by atoms with Crippen molar-refractivity contribution in [3.63, 3.8) is 0 Å². The molecule has 17 heavy (non-hydrogen) atoms. The number of carbonyl (C=O) groups is 1. The zero-order chi connectivity index (χ0) is 12.4. The lowest BCUT2D eigenvalue weighted by Gasteiger charge is -1.96. The minimum absolute atomic E-state index is 0.217. The highest BCUT2D eigenvalue weighted by Gasteiger charge is 2.16. The van der Waals surface area contributed by atoms with Crippen molar-refractivity contribution >= 4 is 29.2 Å². The lowest BCUT2D eigenvalue weighted by atomic mass is 10.2. The predicted molar refractivity (Wildman–Crippen MR) is 61.1 cm³/mol. The van der Waals surface area contributed by atoms with Crippen LogP contribution in [-0.2, 0) is 4.74 Å². The Bertz CT molecular complexity index is 548. The number of halogens is 2. The lowest BCUT2D eigenvalue weighted by molar-refractivity contribution is 0.0545. The molecule has 0 aliphatic carbocycles. The fraction of sp³-hybridized carbons (Fsp3) is 0.100. The zero-order valence-corrected chi connectivity index (χ0v) is 10.1. The molecule has 0 fully saturated rings. The summed E-state index contributed by atoms with van der Waals surface area (Å²) in [5.41, 5.74) is 0.557. The fourth-order valence-corrected chi connectivity index (χ4v) is 1.72. The first-order valence-electron chi connectivity index (χ1n) is 4.48. The Labute approximate surface area is 106 Å². The van der Waals surface area contributed by atoms with Crippen LogP contribution in [0.5, 0.6) is 0 Å². The molecule has 88 valence electrons. The molecule has 2 rings (SSSR count). The van der Waals surface area contributed by atoms with Gasteiger partial charge in [-0.15, -0.1) is 0 Å². The molecule has 0 radical (unpaired) electrons. The third-order valence-corrected chi connectivity index (χ3v) is 2.34. The molecule has 1 heterocycles. The molecule has 0 aliphatic rings. The van der Waals surface area contributed by atoms with Crippen molar-refractivity contribution in [3.05, 3.63) is 34.1 Å². The van der Waals surface area contributed by atoms with Gasteiger partial charge in [0.1, 0.15) is 0 Å². The van der Waals surface area contributed by atoms with E-state index < -0.39 is 5.97 Å². The van der Waals surface area contributed by atoms with E-state index in [0.29, 0.717) is 15.6 Å². The Morgan fingerprint density at radius 2 is 1.94 bits per heavy atom. The Morgan fingerprint density at radius 3 is 2.53 bits per heavy atom. The van der Waals surface area contributed by atoms with Crippen LogP contribution in [-0.4, -0.2) is 23.2 Å². The third-order valence-electron chi connectivity index (χ3n) is 1.91. The summed E-state index contributed by atoms with van der Waals surface area (Å²) in [5.74, 6) is -0.703. The molecule has 0 aliphatic heterocycles. The quantitative estimate of drug-likeness (QED) is 0.787. The van der Waals surface area contributed by atoms with E-state index in [1.165, 1.54) is 7.11 Å². The van der Waals surface area contributed by atoms with Gasteiger partial charge in [-0.25, -0.2) is 4.79 Å². The van der Waals surface area contributed by atoms with Crippen LogP contribution in [0.15, 0.2) is 22.7 Å². The highest BCUT2D eigenvalue weighted by molar-refractivity contribution is 6.35. The van der Waals surface area contributed by atoms with Gasteiger partial charge in [-0.3, -0.25) is 0 Å². The number of benzene rings is 1. The van der Waals surface area contributed by atoms with Crippen molar-refractivity contribution in [3.8, 4) is 11.4 Å². The number of nitrogens with zero attached hydrogens (tertiary/aromatic N) is 2. The van der Waals surface area contributed by atoms with Crippen molar-refractivity contribution in [2.45, 2.75) is 0 Å². The molecule has 5 nitrogen and oxygen atoms in total. The molecule has 0 N–H and O–H groups in total. The van der Waals surface area contributed by atoms with Crippen LogP contribution in [0.25, 0.3) is 11.4 Å². The second kappa shape index (κ2) is 4.73. The number of carbonyl (C=O) groups excluding carboxylic acids is 1. The Morgan fingerprint density at radius 1 is 1.29 bits per heavy atom. The fourth-order valence-electron chi connectivity index (χ4n) is 1.19. The number of hydrogen-bond donors (Lipinski definition) is 0. The Hall–Kier alpha value is -1.59. The number of methoxy groups -OCH3 is 1. The van der Waals surface area contributed by atoms with E-state index in [1.54, 1.807) is 18.2 Å². The van der Waals surface area contributed by atoms with Gasteiger partial charge < -0.3 is 9.26 Å². The summed E-state index contributed by atoms with van der Waals surface area (Å²) in [4.78, 5) is 15.0. The molecular formula is C10H6Cl2N2O3.